The Labute approximate surface area is 98.8 Å². The number of benzene rings is 1. The molecule has 0 unspecified atom stereocenters. The van der Waals surface area contributed by atoms with Crippen LogP contribution in [0.5, 0.6) is 0 Å². The number of rotatable bonds is 1. The van der Waals surface area contributed by atoms with E-state index in [0.29, 0.717) is 5.82 Å². The highest BCUT2D eigenvalue weighted by molar-refractivity contribution is 5.98. The summed E-state index contributed by atoms with van der Waals surface area (Å²) in [5, 5.41) is 8.15. The zero-order valence-corrected chi connectivity index (χ0v) is 9.83. The first kappa shape index (κ1) is 9.96. The predicted molar refractivity (Wildman–Crippen MR) is 69.8 cm³/mol. The molecule has 2 aromatic heterocycles. The average molecular weight is 226 g/mol. The van der Waals surface area contributed by atoms with Crippen molar-refractivity contribution < 1.29 is 0 Å². The summed E-state index contributed by atoms with van der Waals surface area (Å²) in [4.78, 5) is 3.32. The summed E-state index contributed by atoms with van der Waals surface area (Å²) in [5.41, 5.74) is 11.4. The molecule has 4 heteroatoms. The molecule has 0 amide bonds. The van der Waals surface area contributed by atoms with Crippen molar-refractivity contribution in [3.63, 3.8) is 0 Å². The molecule has 4 nitrogen and oxygen atoms in total. The molecule has 0 saturated heterocycles. The second kappa shape index (κ2) is 3.38. The van der Waals surface area contributed by atoms with Gasteiger partial charge < -0.3 is 10.7 Å². The first-order chi connectivity index (χ1) is 8.16. The van der Waals surface area contributed by atoms with E-state index in [1.807, 2.05) is 12.3 Å². The van der Waals surface area contributed by atoms with Crippen molar-refractivity contribution in [2.75, 3.05) is 5.73 Å². The van der Waals surface area contributed by atoms with Crippen LogP contribution >= 0.6 is 0 Å². The molecule has 1 aromatic carbocycles. The van der Waals surface area contributed by atoms with Gasteiger partial charge in [-0.05, 0) is 25.0 Å². The van der Waals surface area contributed by atoms with Crippen molar-refractivity contribution in [2.24, 2.45) is 0 Å². The van der Waals surface area contributed by atoms with Gasteiger partial charge in [0.25, 0.3) is 0 Å². The third kappa shape index (κ3) is 1.41. The Morgan fingerprint density at radius 2 is 1.94 bits per heavy atom. The van der Waals surface area contributed by atoms with Crippen molar-refractivity contribution in [2.45, 2.75) is 13.8 Å². The summed E-state index contributed by atoms with van der Waals surface area (Å²) < 4.78 is 0. The summed E-state index contributed by atoms with van der Waals surface area (Å²) in [7, 11) is 0. The number of aromatic nitrogens is 3. The van der Waals surface area contributed by atoms with E-state index in [-0.39, 0.29) is 0 Å². The van der Waals surface area contributed by atoms with Gasteiger partial charge in [-0.1, -0.05) is 12.1 Å². The molecule has 0 saturated carbocycles. The SMILES string of the molecule is Cc1ccc(C)c2c(-c3cc(N)n[nH]3)c[nH]c12. The predicted octanol–water partition coefficient (Wildman–Crippen LogP) is 2.76. The normalized spacial score (nSPS) is 11.2. The number of H-pyrrole nitrogens is 2. The molecule has 0 aliphatic carbocycles. The minimum atomic E-state index is 0.514. The smallest absolute Gasteiger partial charge is 0.145 e. The molecular weight excluding hydrogens is 212 g/mol. The quantitative estimate of drug-likeness (QED) is 0.597. The molecule has 0 radical (unpaired) electrons. The molecule has 2 heterocycles. The average Bonchev–Trinajstić information content (AvgIpc) is 2.89. The lowest BCUT2D eigenvalue weighted by Crippen LogP contribution is -1.82. The highest BCUT2D eigenvalue weighted by atomic mass is 15.2. The molecule has 3 aromatic rings. The molecule has 0 aliphatic rings. The Balaban J connectivity index is 2.35. The number of nitrogens with zero attached hydrogens (tertiary/aromatic N) is 1. The van der Waals surface area contributed by atoms with Gasteiger partial charge in [-0.25, -0.2) is 0 Å². The monoisotopic (exact) mass is 226 g/mol. The molecule has 0 bridgehead atoms. The molecule has 86 valence electrons. The van der Waals surface area contributed by atoms with Gasteiger partial charge in [0.05, 0.1) is 5.69 Å². The lowest BCUT2D eigenvalue weighted by molar-refractivity contribution is 1.10. The Morgan fingerprint density at radius 3 is 2.65 bits per heavy atom. The van der Waals surface area contributed by atoms with Crippen LogP contribution in [0.3, 0.4) is 0 Å². The van der Waals surface area contributed by atoms with Gasteiger partial charge >= 0.3 is 0 Å². The fourth-order valence-electron chi connectivity index (χ4n) is 2.25. The van der Waals surface area contributed by atoms with Crippen LogP contribution in [-0.4, -0.2) is 15.2 Å². The van der Waals surface area contributed by atoms with Gasteiger partial charge in [0.2, 0.25) is 0 Å². The maximum absolute atomic E-state index is 5.64. The first-order valence-electron chi connectivity index (χ1n) is 5.55. The van der Waals surface area contributed by atoms with Gasteiger partial charge in [-0.3, -0.25) is 5.10 Å². The Kier molecular flexibility index (Phi) is 1.98. The van der Waals surface area contributed by atoms with E-state index in [1.165, 1.54) is 22.0 Å². The van der Waals surface area contributed by atoms with Crippen molar-refractivity contribution in [3.8, 4) is 11.3 Å². The van der Waals surface area contributed by atoms with Gasteiger partial charge in [0, 0.05) is 28.7 Å². The number of hydrogen-bond acceptors (Lipinski definition) is 2. The van der Waals surface area contributed by atoms with E-state index in [0.717, 1.165) is 11.3 Å². The highest BCUT2D eigenvalue weighted by Crippen LogP contribution is 2.31. The number of nitrogens with one attached hydrogen (secondary N) is 2. The van der Waals surface area contributed by atoms with E-state index in [9.17, 15) is 0 Å². The largest absolute Gasteiger partial charge is 0.382 e. The van der Waals surface area contributed by atoms with E-state index < -0.39 is 0 Å². The van der Waals surface area contributed by atoms with E-state index in [1.54, 1.807) is 0 Å². The minimum absolute atomic E-state index is 0.514. The second-order valence-electron chi connectivity index (χ2n) is 4.36. The molecule has 3 rings (SSSR count). The Bertz CT molecular complexity index is 691. The van der Waals surface area contributed by atoms with E-state index in [2.05, 4.69) is 41.2 Å². The van der Waals surface area contributed by atoms with Crippen LogP contribution in [0.25, 0.3) is 22.2 Å². The van der Waals surface area contributed by atoms with Crippen LogP contribution in [0, 0.1) is 13.8 Å². The maximum Gasteiger partial charge on any atom is 0.145 e. The third-order valence-electron chi connectivity index (χ3n) is 3.14. The van der Waals surface area contributed by atoms with E-state index >= 15 is 0 Å². The fraction of sp³-hybridized carbons (Fsp3) is 0.154. The summed E-state index contributed by atoms with van der Waals surface area (Å²) in [5.74, 6) is 0.514. The van der Waals surface area contributed by atoms with Crippen molar-refractivity contribution in [1.29, 1.82) is 0 Å². The summed E-state index contributed by atoms with van der Waals surface area (Å²) in [6.07, 6.45) is 2.00. The lowest BCUT2D eigenvalue weighted by Gasteiger charge is -2.02. The molecule has 0 atom stereocenters. The van der Waals surface area contributed by atoms with Crippen molar-refractivity contribution in [1.82, 2.24) is 15.2 Å². The third-order valence-corrected chi connectivity index (χ3v) is 3.14. The lowest BCUT2D eigenvalue weighted by atomic mass is 10.0. The standard InChI is InChI=1S/C13H14N4/c1-7-3-4-8(2)13-12(7)9(6-15-13)10-5-11(14)17-16-10/h3-6,15H,1-2H3,(H3,14,16,17). The van der Waals surface area contributed by atoms with Crippen LogP contribution in [-0.2, 0) is 0 Å². The summed E-state index contributed by atoms with van der Waals surface area (Å²) in [6, 6.07) is 6.11. The van der Waals surface area contributed by atoms with Crippen LogP contribution < -0.4 is 5.73 Å². The topological polar surface area (TPSA) is 70.5 Å². The minimum Gasteiger partial charge on any atom is -0.382 e. The number of aromatic amines is 2. The Hall–Kier alpha value is -2.23. The molecular formula is C13H14N4. The van der Waals surface area contributed by atoms with Crippen molar-refractivity contribution >= 4 is 16.7 Å². The van der Waals surface area contributed by atoms with Crippen molar-refractivity contribution in [3.05, 3.63) is 35.5 Å². The maximum atomic E-state index is 5.64. The molecule has 0 aliphatic heterocycles. The van der Waals surface area contributed by atoms with Crippen LogP contribution in [0.4, 0.5) is 5.82 Å². The Morgan fingerprint density at radius 1 is 1.18 bits per heavy atom. The summed E-state index contributed by atoms with van der Waals surface area (Å²) in [6.45, 7) is 4.21. The zero-order valence-electron chi connectivity index (χ0n) is 9.83. The number of nitrogens with two attached hydrogens (primary N) is 1. The zero-order chi connectivity index (χ0) is 12.0. The van der Waals surface area contributed by atoms with Crippen LogP contribution in [0.2, 0.25) is 0 Å². The summed E-state index contributed by atoms with van der Waals surface area (Å²) >= 11 is 0. The molecule has 0 spiro atoms. The second-order valence-corrected chi connectivity index (χ2v) is 4.36. The number of hydrogen-bond donors (Lipinski definition) is 3. The van der Waals surface area contributed by atoms with Gasteiger partial charge in [0.15, 0.2) is 0 Å². The number of fused-ring (bicyclic) bond motifs is 1. The molecule has 0 fully saturated rings. The van der Waals surface area contributed by atoms with Crippen LogP contribution in [0.1, 0.15) is 11.1 Å². The number of nitrogen functional groups attached to an aromatic ring is 1. The number of anilines is 1. The van der Waals surface area contributed by atoms with Gasteiger partial charge in [-0.15, -0.1) is 0 Å². The van der Waals surface area contributed by atoms with E-state index in [4.69, 9.17) is 5.73 Å². The molecule has 17 heavy (non-hydrogen) atoms. The highest BCUT2D eigenvalue weighted by Gasteiger charge is 2.11. The fourth-order valence-corrected chi connectivity index (χ4v) is 2.25. The van der Waals surface area contributed by atoms with Gasteiger partial charge in [0.1, 0.15) is 5.82 Å². The van der Waals surface area contributed by atoms with Gasteiger partial charge in [-0.2, -0.15) is 5.10 Å². The van der Waals surface area contributed by atoms with Crippen LogP contribution in [0.15, 0.2) is 24.4 Å². The molecule has 4 N–H and O–H groups in total. The first-order valence-corrected chi connectivity index (χ1v) is 5.55. The number of aryl methyl sites for hydroxylation is 2.